The Hall–Kier alpha value is -4.53. The molecule has 0 saturated heterocycles. The Morgan fingerprint density at radius 3 is 1.82 bits per heavy atom. The van der Waals surface area contributed by atoms with Crippen molar-refractivity contribution in [2.75, 3.05) is 25.5 Å². The number of benzene rings is 4. The smallest absolute Gasteiger partial charge is 0.255 e. The average Bonchev–Trinajstić information content (AvgIpc) is 3.08. The van der Waals surface area contributed by atoms with Gasteiger partial charge in [-0.2, -0.15) is 0 Å². The largest absolute Gasteiger partial charge is 0.457 e. The minimum Gasteiger partial charge on any atom is -0.457 e. The monoisotopic (exact) mass is 677 g/mol. The van der Waals surface area contributed by atoms with E-state index in [1.807, 2.05) is 55.6 Å². The molecule has 4 aromatic carbocycles. The first kappa shape index (κ1) is 37.3. The summed E-state index contributed by atoms with van der Waals surface area (Å²) in [6, 6.07) is 31.4. The third-order valence-corrected chi connectivity index (χ3v) is 12.3. The van der Waals surface area contributed by atoms with Crippen molar-refractivity contribution in [2.24, 2.45) is 5.41 Å². The normalized spacial score (nSPS) is 11.6. The fourth-order valence-corrected chi connectivity index (χ4v) is 9.91. The first-order chi connectivity index (χ1) is 23.4. The molecular weight excluding hydrogens is 627 g/mol. The summed E-state index contributed by atoms with van der Waals surface area (Å²) in [5.41, 5.74) is 4.76. The first-order valence-electron chi connectivity index (χ1n) is 17.2. The Bertz CT molecular complexity index is 1680. The summed E-state index contributed by atoms with van der Waals surface area (Å²) in [5, 5.41) is 9.25. The van der Waals surface area contributed by atoms with E-state index in [0.717, 1.165) is 31.0 Å². The molecule has 2 amide bonds. The Balaban J connectivity index is 1.22. The Morgan fingerprint density at radius 1 is 0.694 bits per heavy atom. The number of amides is 2. The molecule has 0 radical (unpaired) electrons. The molecule has 0 unspecified atom stereocenters. The van der Waals surface area contributed by atoms with Gasteiger partial charge in [-0.05, 0) is 110 Å². The van der Waals surface area contributed by atoms with E-state index in [4.69, 9.17) is 4.74 Å². The average molecular weight is 678 g/mol. The van der Waals surface area contributed by atoms with Crippen molar-refractivity contribution in [1.82, 2.24) is 10.6 Å². The van der Waals surface area contributed by atoms with Crippen molar-refractivity contribution in [3.05, 3.63) is 125 Å². The van der Waals surface area contributed by atoms with Crippen LogP contribution in [0, 0.1) is 5.41 Å². The van der Waals surface area contributed by atoms with E-state index in [1.165, 1.54) is 11.6 Å². The van der Waals surface area contributed by atoms with Gasteiger partial charge < -0.3 is 20.7 Å². The summed E-state index contributed by atoms with van der Waals surface area (Å²) in [4.78, 5) is 38.4. The predicted octanol–water partition coefficient (Wildman–Crippen LogP) is 8.79. The molecule has 8 heteroatoms. The second-order valence-corrected chi connectivity index (χ2v) is 19.5. The van der Waals surface area contributed by atoms with Crippen LogP contribution in [0.3, 0.4) is 0 Å². The molecule has 0 saturated carbocycles. The van der Waals surface area contributed by atoms with Crippen molar-refractivity contribution in [1.29, 1.82) is 0 Å². The number of hydrogen-bond donors (Lipinski definition) is 3. The van der Waals surface area contributed by atoms with Gasteiger partial charge in [0.2, 0.25) is 0 Å². The summed E-state index contributed by atoms with van der Waals surface area (Å²) in [6.07, 6.45) is 2.32. The van der Waals surface area contributed by atoms with Crippen LogP contribution in [-0.2, 0) is 12.8 Å². The van der Waals surface area contributed by atoms with Gasteiger partial charge in [-0.15, -0.1) is 0 Å². The number of carbonyl (C=O) groups is 3. The molecule has 258 valence electrons. The van der Waals surface area contributed by atoms with Gasteiger partial charge in [0, 0.05) is 43.4 Å². The van der Waals surface area contributed by atoms with Gasteiger partial charge in [0.15, 0.2) is 5.78 Å². The van der Waals surface area contributed by atoms with Crippen LogP contribution in [-0.4, -0.2) is 45.8 Å². The molecular formula is C41H51N3O4Si. The molecule has 0 aliphatic carbocycles. The highest BCUT2D eigenvalue weighted by Crippen LogP contribution is 2.33. The van der Waals surface area contributed by atoms with Crippen LogP contribution in [0.2, 0.25) is 25.2 Å². The highest BCUT2D eigenvalue weighted by atomic mass is 28.3. The minimum atomic E-state index is -1.47. The molecule has 7 nitrogen and oxygen atoms in total. The lowest BCUT2D eigenvalue weighted by Gasteiger charge is -2.34. The van der Waals surface area contributed by atoms with Crippen molar-refractivity contribution >= 4 is 31.4 Å². The zero-order valence-corrected chi connectivity index (χ0v) is 30.8. The van der Waals surface area contributed by atoms with Crippen LogP contribution in [0.5, 0.6) is 11.5 Å². The first-order valence-corrected chi connectivity index (χ1v) is 20.6. The number of aryl methyl sites for hydroxylation is 1. The van der Waals surface area contributed by atoms with Crippen molar-refractivity contribution in [3.63, 3.8) is 0 Å². The maximum absolute atomic E-state index is 13.0. The van der Waals surface area contributed by atoms with E-state index in [-0.39, 0.29) is 24.0 Å². The summed E-state index contributed by atoms with van der Waals surface area (Å²) in [7, 11) is 0.526. The Morgan fingerprint density at radius 2 is 1.22 bits per heavy atom. The molecule has 0 aliphatic rings. The zero-order valence-electron chi connectivity index (χ0n) is 29.8. The molecule has 3 N–H and O–H groups in total. The van der Waals surface area contributed by atoms with Crippen LogP contribution in [0.15, 0.2) is 97.1 Å². The number of ether oxygens (including phenoxy) is 1. The lowest BCUT2D eigenvalue weighted by Crippen LogP contribution is -2.37. The molecule has 0 spiro atoms. The van der Waals surface area contributed by atoms with E-state index in [0.29, 0.717) is 45.8 Å². The number of carbonyl (C=O) groups excluding carboxylic acids is 3. The van der Waals surface area contributed by atoms with Gasteiger partial charge in [0.1, 0.15) is 11.5 Å². The van der Waals surface area contributed by atoms with Crippen molar-refractivity contribution < 1.29 is 19.1 Å². The maximum atomic E-state index is 13.0. The van der Waals surface area contributed by atoms with Gasteiger partial charge in [0.05, 0.1) is 0 Å². The summed E-state index contributed by atoms with van der Waals surface area (Å²) >= 11 is 0. The van der Waals surface area contributed by atoms with Crippen LogP contribution >= 0.6 is 0 Å². The second-order valence-electron chi connectivity index (χ2n) is 14.3. The third kappa shape index (κ3) is 11.8. The molecule has 0 bridgehead atoms. The molecule has 4 rings (SSSR count). The highest BCUT2D eigenvalue weighted by molar-refractivity contribution is 6.77. The molecule has 49 heavy (non-hydrogen) atoms. The topological polar surface area (TPSA) is 96.5 Å². The molecule has 0 fully saturated rings. The van der Waals surface area contributed by atoms with E-state index >= 15 is 0 Å². The molecule has 4 aromatic rings. The molecule has 0 aromatic heterocycles. The lowest BCUT2D eigenvalue weighted by molar-refractivity contribution is 0.0951. The maximum Gasteiger partial charge on any atom is 0.255 e. The zero-order chi connectivity index (χ0) is 35.4. The van der Waals surface area contributed by atoms with E-state index < -0.39 is 8.07 Å². The van der Waals surface area contributed by atoms with Gasteiger partial charge in [0.25, 0.3) is 11.8 Å². The number of hydrogen-bond acceptors (Lipinski definition) is 5. The van der Waals surface area contributed by atoms with Crippen LogP contribution in [0.25, 0.3) is 0 Å². The highest BCUT2D eigenvalue weighted by Gasteiger charge is 2.30. The van der Waals surface area contributed by atoms with Gasteiger partial charge in [-0.1, -0.05) is 76.3 Å². The second kappa shape index (κ2) is 17.2. The predicted molar refractivity (Wildman–Crippen MR) is 203 cm³/mol. The number of ketones is 1. The van der Waals surface area contributed by atoms with Crippen molar-refractivity contribution in [3.8, 4) is 11.5 Å². The quantitative estimate of drug-likeness (QED) is 0.0767. The lowest BCUT2D eigenvalue weighted by atomic mass is 9.92. The van der Waals surface area contributed by atoms with Crippen LogP contribution in [0.4, 0.5) is 5.69 Å². The van der Waals surface area contributed by atoms with Crippen LogP contribution in [0.1, 0.15) is 69.4 Å². The third-order valence-electron chi connectivity index (χ3n) is 8.83. The molecule has 0 aliphatic heterocycles. The number of nitrogens with one attached hydrogen (secondary N) is 3. The summed E-state index contributed by atoms with van der Waals surface area (Å²) in [5.74, 6) is 0.986. The van der Waals surface area contributed by atoms with Crippen molar-refractivity contribution in [2.45, 2.75) is 65.2 Å². The summed E-state index contributed by atoms with van der Waals surface area (Å²) < 4.78 is 5.97. The summed E-state index contributed by atoms with van der Waals surface area (Å²) in [6.45, 7) is 13.2. The number of anilines is 1. The number of rotatable bonds is 17. The van der Waals surface area contributed by atoms with Gasteiger partial charge in [-0.3, -0.25) is 14.4 Å². The fourth-order valence-electron chi connectivity index (χ4n) is 6.16. The van der Waals surface area contributed by atoms with E-state index in [2.05, 4.69) is 49.8 Å². The van der Waals surface area contributed by atoms with Gasteiger partial charge >= 0.3 is 0 Å². The SMILES string of the molecule is CCc1ccc(C(=O)Nc2ccc(Oc3ccc(CC(=O)c4ccc(C(=O)NCC[Si](C)(C)CC(C)(C)CCNC)cc4)cc3)cc2)cc1. The van der Waals surface area contributed by atoms with Gasteiger partial charge in [-0.25, -0.2) is 0 Å². The fraction of sp³-hybridized carbons (Fsp3) is 0.341. The van der Waals surface area contributed by atoms with Crippen LogP contribution < -0.4 is 20.7 Å². The Labute approximate surface area is 292 Å². The minimum absolute atomic E-state index is 0.0202. The molecule has 0 atom stereocenters. The standard InChI is InChI=1S/C41H51N3O4Si/c1-7-30-8-12-34(13-9-30)40(47)44-35-18-22-37(23-19-35)48-36-20-10-31(11-21-36)28-38(45)32-14-16-33(17-15-32)39(46)43-26-27-49(5,6)29-41(2,3)24-25-42-4/h8-23,42H,7,24-29H2,1-6H3,(H,43,46)(H,44,47). The number of Topliss-reactive ketones (excluding diaryl/α,β-unsaturated/α-hetero) is 1. The Kier molecular flexibility index (Phi) is 13.1. The van der Waals surface area contributed by atoms with E-state index in [1.54, 1.807) is 48.5 Å². The van der Waals surface area contributed by atoms with E-state index in [9.17, 15) is 14.4 Å². The molecule has 0 heterocycles.